The van der Waals surface area contributed by atoms with Gasteiger partial charge in [-0.25, -0.2) is 13.2 Å². The SMILES string of the molecule is COC(=O)c1ccc(Cl)c(NC(=O)CN(c2ccccc2C)S(C)(=O)=O)c1. The van der Waals surface area contributed by atoms with E-state index in [0.717, 1.165) is 10.6 Å². The fraction of sp³-hybridized carbons (Fsp3) is 0.222. The lowest BCUT2D eigenvalue weighted by molar-refractivity contribution is -0.114. The van der Waals surface area contributed by atoms with Gasteiger partial charge in [0.25, 0.3) is 0 Å². The van der Waals surface area contributed by atoms with E-state index in [4.69, 9.17) is 11.6 Å². The Kier molecular flexibility index (Phi) is 6.45. The molecular formula is C18H19ClN2O5S. The van der Waals surface area contributed by atoms with E-state index < -0.39 is 28.4 Å². The maximum Gasteiger partial charge on any atom is 0.337 e. The van der Waals surface area contributed by atoms with Crippen LogP contribution in [-0.4, -0.2) is 40.2 Å². The van der Waals surface area contributed by atoms with Crippen LogP contribution in [0.2, 0.25) is 5.02 Å². The third kappa shape index (κ3) is 5.21. The number of carbonyl (C=O) groups excluding carboxylic acids is 2. The summed E-state index contributed by atoms with van der Waals surface area (Å²) in [5, 5.41) is 2.74. The van der Waals surface area contributed by atoms with Crippen molar-refractivity contribution in [2.75, 3.05) is 29.5 Å². The topological polar surface area (TPSA) is 92.8 Å². The van der Waals surface area contributed by atoms with E-state index in [2.05, 4.69) is 10.1 Å². The van der Waals surface area contributed by atoms with Gasteiger partial charge in [-0.1, -0.05) is 29.8 Å². The number of anilines is 2. The van der Waals surface area contributed by atoms with Gasteiger partial charge in [0.05, 0.1) is 35.3 Å². The molecule has 0 saturated heterocycles. The number of carbonyl (C=O) groups is 2. The first-order valence-corrected chi connectivity index (χ1v) is 10.1. The zero-order valence-electron chi connectivity index (χ0n) is 15.0. The molecule has 0 heterocycles. The van der Waals surface area contributed by atoms with E-state index in [0.29, 0.717) is 11.3 Å². The average molecular weight is 411 g/mol. The van der Waals surface area contributed by atoms with E-state index >= 15 is 0 Å². The molecule has 144 valence electrons. The number of para-hydroxylation sites is 1. The molecule has 0 radical (unpaired) electrons. The lowest BCUT2D eigenvalue weighted by Crippen LogP contribution is -2.37. The first-order chi connectivity index (χ1) is 12.6. The molecule has 2 aromatic rings. The molecule has 0 aliphatic heterocycles. The number of hydrogen-bond acceptors (Lipinski definition) is 5. The van der Waals surface area contributed by atoms with Gasteiger partial charge in [-0.2, -0.15) is 0 Å². The summed E-state index contributed by atoms with van der Waals surface area (Å²) in [6, 6.07) is 11.1. The fourth-order valence-electron chi connectivity index (χ4n) is 2.41. The van der Waals surface area contributed by atoms with Crippen LogP contribution < -0.4 is 9.62 Å². The summed E-state index contributed by atoms with van der Waals surface area (Å²) in [6.07, 6.45) is 1.03. The number of halogens is 1. The minimum absolute atomic E-state index is 0.183. The van der Waals surface area contributed by atoms with Crippen molar-refractivity contribution in [2.45, 2.75) is 6.92 Å². The van der Waals surface area contributed by atoms with E-state index in [-0.39, 0.29) is 16.3 Å². The number of hydrogen-bond donors (Lipinski definition) is 1. The van der Waals surface area contributed by atoms with Crippen LogP contribution in [0.5, 0.6) is 0 Å². The number of esters is 1. The van der Waals surface area contributed by atoms with Gasteiger partial charge in [-0.15, -0.1) is 0 Å². The minimum Gasteiger partial charge on any atom is -0.465 e. The molecule has 2 aromatic carbocycles. The number of methoxy groups -OCH3 is 1. The van der Waals surface area contributed by atoms with Gasteiger partial charge in [0, 0.05) is 0 Å². The molecule has 0 atom stereocenters. The Morgan fingerprint density at radius 2 is 1.85 bits per heavy atom. The molecular weight excluding hydrogens is 392 g/mol. The Bertz CT molecular complexity index is 975. The third-order valence-corrected chi connectivity index (χ3v) is 5.19. The molecule has 0 fully saturated rings. The highest BCUT2D eigenvalue weighted by atomic mass is 35.5. The van der Waals surface area contributed by atoms with Crippen LogP contribution in [0.4, 0.5) is 11.4 Å². The molecule has 1 N–H and O–H groups in total. The molecule has 9 heteroatoms. The number of rotatable bonds is 6. The van der Waals surface area contributed by atoms with Crippen LogP contribution >= 0.6 is 11.6 Å². The second-order valence-electron chi connectivity index (χ2n) is 5.79. The number of benzene rings is 2. The first kappa shape index (κ1) is 20.7. The lowest BCUT2D eigenvalue weighted by Gasteiger charge is -2.23. The number of amides is 1. The highest BCUT2D eigenvalue weighted by Gasteiger charge is 2.22. The first-order valence-electron chi connectivity index (χ1n) is 7.84. The Balaban J connectivity index is 2.27. The van der Waals surface area contributed by atoms with Gasteiger partial charge in [-0.05, 0) is 36.8 Å². The van der Waals surface area contributed by atoms with Gasteiger partial charge in [-0.3, -0.25) is 9.10 Å². The molecule has 7 nitrogen and oxygen atoms in total. The zero-order chi connectivity index (χ0) is 20.2. The van der Waals surface area contributed by atoms with E-state index in [1.807, 2.05) is 0 Å². The van der Waals surface area contributed by atoms with Crippen molar-refractivity contribution >= 4 is 44.9 Å². The molecule has 27 heavy (non-hydrogen) atoms. The predicted octanol–water partition coefficient (Wildman–Crippen LogP) is 2.84. The third-order valence-electron chi connectivity index (χ3n) is 3.73. The number of nitrogens with one attached hydrogen (secondary N) is 1. The van der Waals surface area contributed by atoms with Crippen molar-refractivity contribution in [3.8, 4) is 0 Å². The highest BCUT2D eigenvalue weighted by molar-refractivity contribution is 7.92. The quantitative estimate of drug-likeness (QED) is 0.739. The van der Waals surface area contributed by atoms with Crippen molar-refractivity contribution in [3.05, 3.63) is 58.6 Å². The summed E-state index contributed by atoms with van der Waals surface area (Å²) in [7, 11) is -2.46. The van der Waals surface area contributed by atoms with Crippen LogP contribution in [0.1, 0.15) is 15.9 Å². The summed E-state index contributed by atoms with van der Waals surface area (Å²) >= 11 is 6.06. The maximum atomic E-state index is 12.5. The minimum atomic E-state index is -3.70. The number of sulfonamides is 1. The van der Waals surface area contributed by atoms with Crippen LogP contribution in [0.3, 0.4) is 0 Å². The molecule has 2 rings (SSSR count). The number of aryl methyl sites for hydroxylation is 1. The number of nitrogens with zero attached hydrogens (tertiary/aromatic N) is 1. The Labute approximate surface area is 162 Å². The van der Waals surface area contributed by atoms with E-state index in [9.17, 15) is 18.0 Å². The Morgan fingerprint density at radius 1 is 1.19 bits per heavy atom. The second kappa shape index (κ2) is 8.41. The van der Waals surface area contributed by atoms with Crippen molar-refractivity contribution in [2.24, 2.45) is 0 Å². The van der Waals surface area contributed by atoms with Gasteiger partial charge >= 0.3 is 5.97 Å². The molecule has 1 amide bonds. The Morgan fingerprint density at radius 3 is 2.44 bits per heavy atom. The lowest BCUT2D eigenvalue weighted by atomic mass is 10.2. The molecule has 0 saturated carbocycles. The van der Waals surface area contributed by atoms with Crippen LogP contribution in [0.15, 0.2) is 42.5 Å². The molecule has 0 aliphatic carbocycles. The standard InChI is InChI=1S/C18H19ClN2O5S/c1-12-6-4-5-7-16(12)21(27(3,24)25)11-17(22)20-15-10-13(18(23)26-2)8-9-14(15)19/h4-10H,11H2,1-3H3,(H,20,22). The van der Waals surface area contributed by atoms with Crippen molar-refractivity contribution in [1.82, 2.24) is 0 Å². The van der Waals surface area contributed by atoms with E-state index in [1.165, 1.54) is 25.3 Å². The molecule has 0 bridgehead atoms. The van der Waals surface area contributed by atoms with Gasteiger partial charge in [0.1, 0.15) is 6.54 Å². The summed E-state index contributed by atoms with van der Waals surface area (Å²) in [4.78, 5) is 24.1. The van der Waals surface area contributed by atoms with Gasteiger partial charge in [0.15, 0.2) is 0 Å². The van der Waals surface area contributed by atoms with Crippen molar-refractivity contribution < 1.29 is 22.7 Å². The van der Waals surface area contributed by atoms with Crippen molar-refractivity contribution in [1.29, 1.82) is 0 Å². The second-order valence-corrected chi connectivity index (χ2v) is 8.10. The van der Waals surface area contributed by atoms with Crippen molar-refractivity contribution in [3.63, 3.8) is 0 Å². The smallest absolute Gasteiger partial charge is 0.337 e. The predicted molar refractivity (Wildman–Crippen MR) is 105 cm³/mol. The van der Waals surface area contributed by atoms with Gasteiger partial charge < -0.3 is 10.1 Å². The summed E-state index contributed by atoms with van der Waals surface area (Å²) in [5.74, 6) is -1.19. The zero-order valence-corrected chi connectivity index (χ0v) is 16.6. The van der Waals surface area contributed by atoms with Crippen LogP contribution in [-0.2, 0) is 19.6 Å². The molecule has 0 unspecified atom stereocenters. The average Bonchev–Trinajstić information content (AvgIpc) is 2.60. The highest BCUT2D eigenvalue weighted by Crippen LogP contribution is 2.25. The van der Waals surface area contributed by atoms with Gasteiger partial charge in [0.2, 0.25) is 15.9 Å². The fourth-order valence-corrected chi connectivity index (χ4v) is 3.49. The summed E-state index contributed by atoms with van der Waals surface area (Å²) in [5.41, 5.74) is 1.50. The summed E-state index contributed by atoms with van der Waals surface area (Å²) < 4.78 is 30.0. The van der Waals surface area contributed by atoms with Crippen LogP contribution in [0.25, 0.3) is 0 Å². The monoisotopic (exact) mass is 410 g/mol. The number of ether oxygens (including phenoxy) is 1. The summed E-state index contributed by atoms with van der Waals surface area (Å²) in [6.45, 7) is 1.31. The molecule has 0 spiro atoms. The maximum absolute atomic E-state index is 12.5. The molecule has 0 aliphatic rings. The largest absolute Gasteiger partial charge is 0.465 e. The normalized spacial score (nSPS) is 11.0. The Hall–Kier alpha value is -2.58. The van der Waals surface area contributed by atoms with E-state index in [1.54, 1.807) is 31.2 Å². The van der Waals surface area contributed by atoms with Crippen LogP contribution in [0, 0.1) is 6.92 Å². The molecule has 0 aromatic heterocycles.